The molecule has 0 saturated carbocycles. The van der Waals surface area contributed by atoms with Crippen molar-refractivity contribution in [2.75, 3.05) is 34.4 Å². The van der Waals surface area contributed by atoms with Gasteiger partial charge >= 0.3 is 0 Å². The molecule has 1 aliphatic heterocycles. The molecule has 0 bridgehead atoms. The third-order valence-electron chi connectivity index (χ3n) is 1.63. The van der Waals surface area contributed by atoms with E-state index in [1.54, 1.807) is 26.0 Å². The number of likely N-dealkylation sites (tertiary alicyclic amines) is 1. The van der Waals surface area contributed by atoms with E-state index in [0.717, 1.165) is 25.9 Å². The first-order chi connectivity index (χ1) is 8.26. The Morgan fingerprint density at radius 2 is 1.53 bits per heavy atom. The zero-order valence-corrected chi connectivity index (χ0v) is 12.2. The number of nitrogens with zero attached hydrogens (tertiary/aromatic N) is 1. The molecule has 0 unspecified atom stereocenters. The van der Waals surface area contributed by atoms with E-state index in [0.29, 0.717) is 0 Å². The molecule has 17 heavy (non-hydrogen) atoms. The summed E-state index contributed by atoms with van der Waals surface area (Å²) in [6.45, 7) is 7.48. The summed E-state index contributed by atoms with van der Waals surface area (Å²) in [6, 6.07) is 0. The van der Waals surface area contributed by atoms with E-state index in [1.807, 2.05) is 13.8 Å². The molecular weight excluding hydrogens is 216 g/mol. The predicted octanol–water partition coefficient (Wildman–Crippen LogP) is 1.50. The van der Waals surface area contributed by atoms with E-state index >= 15 is 0 Å². The van der Waals surface area contributed by atoms with Gasteiger partial charge in [0.25, 0.3) is 5.91 Å². The molecule has 0 aromatic carbocycles. The molecule has 1 saturated heterocycles. The maximum Gasteiger partial charge on any atom is 0.298 e. The van der Waals surface area contributed by atoms with Crippen LogP contribution in [0.3, 0.4) is 0 Å². The molecule has 1 amide bonds. The Kier molecular flexibility index (Phi) is 25.5. The molecule has 4 heteroatoms. The fourth-order valence-corrected chi connectivity index (χ4v) is 1.11. The van der Waals surface area contributed by atoms with Gasteiger partial charge in [-0.2, -0.15) is 0 Å². The van der Waals surface area contributed by atoms with Gasteiger partial charge < -0.3 is 15.4 Å². The van der Waals surface area contributed by atoms with E-state index < -0.39 is 0 Å². The molecule has 4 nitrogen and oxygen atoms in total. The van der Waals surface area contributed by atoms with Gasteiger partial charge in [0.1, 0.15) is 0 Å². The average molecular weight is 244 g/mol. The van der Waals surface area contributed by atoms with Crippen LogP contribution < -0.4 is 5.73 Å². The summed E-state index contributed by atoms with van der Waals surface area (Å²) in [4.78, 5) is 12.8. The summed E-state index contributed by atoms with van der Waals surface area (Å²) >= 11 is 0. The van der Waals surface area contributed by atoms with Crippen LogP contribution in [0.5, 0.6) is 0 Å². The van der Waals surface area contributed by atoms with E-state index in [9.17, 15) is 4.79 Å². The van der Waals surface area contributed by atoms with Crippen molar-refractivity contribution in [3.63, 3.8) is 0 Å². The second-order valence-electron chi connectivity index (χ2n) is 2.78. The Balaban J connectivity index is -0.000000239. The summed E-state index contributed by atoms with van der Waals surface area (Å²) in [5.74, 6) is 5.11. The lowest BCUT2D eigenvalue weighted by atomic mass is 10.4. The van der Waals surface area contributed by atoms with Gasteiger partial charge in [0.2, 0.25) is 0 Å². The summed E-state index contributed by atoms with van der Waals surface area (Å²) in [5.41, 5.74) is 4.50. The van der Waals surface area contributed by atoms with Crippen molar-refractivity contribution in [2.24, 2.45) is 5.73 Å². The highest BCUT2D eigenvalue weighted by molar-refractivity contribution is 5.93. The number of methoxy groups -OCH3 is 1. The summed E-state index contributed by atoms with van der Waals surface area (Å²) in [7, 11) is 4.75. The Morgan fingerprint density at radius 1 is 1.18 bits per heavy atom. The highest BCUT2D eigenvalue weighted by Crippen LogP contribution is 2.06. The number of amides is 1. The molecule has 2 N–H and O–H groups in total. The van der Waals surface area contributed by atoms with Gasteiger partial charge in [-0.15, -0.1) is 0 Å². The minimum absolute atomic E-state index is 0.0139. The lowest BCUT2D eigenvalue weighted by Gasteiger charge is -2.09. The molecule has 1 rings (SSSR count). The Morgan fingerprint density at radius 3 is 1.82 bits per heavy atom. The quantitative estimate of drug-likeness (QED) is 0.657. The molecule has 0 spiro atoms. The number of nitrogens with two attached hydrogens (primary N) is 1. The van der Waals surface area contributed by atoms with Gasteiger partial charge in [-0.05, 0) is 32.7 Å². The molecule has 0 aromatic heterocycles. The zero-order chi connectivity index (χ0) is 14.1. The van der Waals surface area contributed by atoms with Crippen LogP contribution in [0, 0.1) is 11.8 Å². The normalized spacial score (nSPS) is 11.4. The molecule has 0 atom stereocenters. The van der Waals surface area contributed by atoms with Gasteiger partial charge in [-0.3, -0.25) is 4.79 Å². The molecule has 0 aliphatic carbocycles. The molecule has 0 radical (unpaired) electrons. The summed E-state index contributed by atoms with van der Waals surface area (Å²) < 4.78 is 4.25. The van der Waals surface area contributed by atoms with E-state index in [-0.39, 0.29) is 5.91 Å². The first-order valence-electron chi connectivity index (χ1n) is 5.95. The second kappa shape index (κ2) is 20.4. The summed E-state index contributed by atoms with van der Waals surface area (Å²) in [5, 5.41) is 0. The first kappa shape index (κ1) is 21.3. The van der Waals surface area contributed by atoms with Crippen LogP contribution in [0.15, 0.2) is 0 Å². The first-order valence-corrected chi connectivity index (χ1v) is 5.95. The molecule has 1 fully saturated rings. The number of carbonyl (C=O) groups is 1. The van der Waals surface area contributed by atoms with Crippen LogP contribution >= 0.6 is 0 Å². The molecular formula is C13H28N2O2. The van der Waals surface area contributed by atoms with Gasteiger partial charge in [0.15, 0.2) is 0 Å². The lowest BCUT2D eigenvalue weighted by Crippen LogP contribution is -2.25. The van der Waals surface area contributed by atoms with Crippen molar-refractivity contribution >= 4 is 5.91 Å². The third-order valence-corrected chi connectivity index (χ3v) is 1.63. The van der Waals surface area contributed by atoms with Crippen molar-refractivity contribution in [3.05, 3.63) is 0 Å². The topological polar surface area (TPSA) is 55.6 Å². The van der Waals surface area contributed by atoms with Crippen molar-refractivity contribution in [1.29, 1.82) is 0 Å². The third kappa shape index (κ3) is 14.9. The Hall–Kier alpha value is -1.05. The number of ether oxygens (including phenoxy) is 1. The minimum Gasteiger partial charge on any atom is -0.388 e. The number of carbonyl (C=O) groups excluding carboxylic acids is 1. The number of hydrogen-bond donors (Lipinski definition) is 1. The van der Waals surface area contributed by atoms with Gasteiger partial charge in [-0.25, -0.2) is 0 Å². The molecule has 1 heterocycles. The van der Waals surface area contributed by atoms with Crippen molar-refractivity contribution in [3.8, 4) is 11.8 Å². The highest BCUT2D eigenvalue weighted by atomic mass is 16.4. The standard InChI is InChI=1S/C8H11NO.C2H6O.C2H6.CH5N/c1-2-5-8(10)9-6-3-4-7-9;1-3-2;2*1-2/h3-4,6-7H2,1H3;1-2H3;1-2H3;2H2,1H3. The number of hydrogen-bond acceptors (Lipinski definition) is 3. The monoisotopic (exact) mass is 244 g/mol. The Bertz CT molecular complexity index is 201. The average Bonchev–Trinajstić information content (AvgIpc) is 2.89. The van der Waals surface area contributed by atoms with Crippen LogP contribution in [0.2, 0.25) is 0 Å². The maximum atomic E-state index is 11.0. The lowest BCUT2D eigenvalue weighted by molar-refractivity contribution is -0.124. The van der Waals surface area contributed by atoms with Crippen LogP contribution in [-0.2, 0) is 9.53 Å². The molecule has 102 valence electrons. The van der Waals surface area contributed by atoms with Crippen LogP contribution in [-0.4, -0.2) is 45.2 Å². The summed E-state index contributed by atoms with van der Waals surface area (Å²) in [6.07, 6.45) is 2.27. The highest BCUT2D eigenvalue weighted by Gasteiger charge is 2.14. The van der Waals surface area contributed by atoms with Gasteiger partial charge in [0.05, 0.1) is 0 Å². The van der Waals surface area contributed by atoms with Crippen molar-refractivity contribution in [1.82, 2.24) is 4.90 Å². The number of rotatable bonds is 0. The molecule has 1 aliphatic rings. The fourth-order valence-electron chi connectivity index (χ4n) is 1.11. The Labute approximate surface area is 107 Å². The van der Waals surface area contributed by atoms with E-state index in [4.69, 9.17) is 0 Å². The van der Waals surface area contributed by atoms with Gasteiger partial charge in [0, 0.05) is 27.3 Å². The second-order valence-corrected chi connectivity index (χ2v) is 2.78. The van der Waals surface area contributed by atoms with Crippen molar-refractivity contribution < 1.29 is 9.53 Å². The van der Waals surface area contributed by atoms with Crippen molar-refractivity contribution in [2.45, 2.75) is 33.6 Å². The van der Waals surface area contributed by atoms with Crippen LogP contribution in [0.4, 0.5) is 0 Å². The minimum atomic E-state index is -0.0139. The van der Waals surface area contributed by atoms with E-state index in [1.165, 1.54) is 7.05 Å². The fraction of sp³-hybridized carbons (Fsp3) is 0.769. The van der Waals surface area contributed by atoms with Gasteiger partial charge in [-0.1, -0.05) is 19.8 Å². The molecule has 0 aromatic rings. The smallest absolute Gasteiger partial charge is 0.298 e. The van der Waals surface area contributed by atoms with E-state index in [2.05, 4.69) is 22.3 Å². The SMILES string of the molecule is CC.CC#CC(=O)N1CCCC1.CN.COC. The van der Waals surface area contributed by atoms with Crippen LogP contribution in [0.1, 0.15) is 33.6 Å². The van der Waals surface area contributed by atoms with Crippen LogP contribution in [0.25, 0.3) is 0 Å². The largest absolute Gasteiger partial charge is 0.388 e. The maximum absolute atomic E-state index is 11.0. The predicted molar refractivity (Wildman–Crippen MR) is 73.7 cm³/mol. The zero-order valence-electron chi connectivity index (χ0n) is 12.2.